The number of carbonyl (C=O) groups is 1. The topological polar surface area (TPSA) is 65.3 Å². The van der Waals surface area contributed by atoms with Crippen LogP contribution in [0.4, 0.5) is 0 Å². The van der Waals surface area contributed by atoms with Crippen molar-refractivity contribution < 1.29 is 14.3 Å². The van der Waals surface area contributed by atoms with Gasteiger partial charge in [0, 0.05) is 12.4 Å². The lowest BCUT2D eigenvalue weighted by molar-refractivity contribution is -0.416. The first-order chi connectivity index (χ1) is 6.63. The third-order valence-corrected chi connectivity index (χ3v) is 1.51. The van der Waals surface area contributed by atoms with Crippen LogP contribution in [0.3, 0.4) is 0 Å². The molecule has 0 unspecified atom stereocenters. The number of rotatable bonds is 2. The highest BCUT2D eigenvalue weighted by molar-refractivity contribution is 5.91. The summed E-state index contributed by atoms with van der Waals surface area (Å²) >= 11 is 0. The Morgan fingerprint density at radius 1 is 1.64 bits per heavy atom. The standard InChI is InChI=1S/C9H10N2O3/c1-11(13)6-7-3-8(5-10-4-7)9(12)14-2/h3-6H,1-2H3. The van der Waals surface area contributed by atoms with E-state index in [2.05, 4.69) is 9.72 Å². The average molecular weight is 194 g/mol. The summed E-state index contributed by atoms with van der Waals surface area (Å²) in [6, 6.07) is 1.53. The van der Waals surface area contributed by atoms with Gasteiger partial charge in [0.15, 0.2) is 6.21 Å². The Morgan fingerprint density at radius 3 is 2.93 bits per heavy atom. The summed E-state index contributed by atoms with van der Waals surface area (Å²) in [5.74, 6) is -0.471. The van der Waals surface area contributed by atoms with E-state index < -0.39 is 5.97 Å². The molecule has 0 aliphatic heterocycles. The maximum absolute atomic E-state index is 11.1. The second-order valence-corrected chi connectivity index (χ2v) is 2.67. The van der Waals surface area contributed by atoms with Gasteiger partial charge in [0.2, 0.25) is 0 Å². The molecule has 5 heteroatoms. The minimum absolute atomic E-state index is 0.322. The first kappa shape index (κ1) is 10.2. The van der Waals surface area contributed by atoms with E-state index in [1.807, 2.05) is 0 Å². The molecule has 0 fully saturated rings. The van der Waals surface area contributed by atoms with Crippen LogP contribution < -0.4 is 0 Å². The van der Waals surface area contributed by atoms with Crippen LogP contribution in [0.25, 0.3) is 0 Å². The fourth-order valence-corrected chi connectivity index (χ4v) is 0.968. The second-order valence-electron chi connectivity index (χ2n) is 2.67. The zero-order chi connectivity index (χ0) is 10.6. The van der Waals surface area contributed by atoms with E-state index in [0.717, 1.165) is 0 Å². The summed E-state index contributed by atoms with van der Waals surface area (Å²) in [5, 5.41) is 10.7. The predicted molar refractivity (Wildman–Crippen MR) is 50.3 cm³/mol. The van der Waals surface area contributed by atoms with Gasteiger partial charge in [-0.15, -0.1) is 0 Å². The molecule has 0 aromatic carbocycles. The highest BCUT2D eigenvalue weighted by Gasteiger charge is 2.06. The number of hydrogen-bond donors (Lipinski definition) is 0. The van der Waals surface area contributed by atoms with Crippen LogP contribution in [-0.2, 0) is 4.74 Å². The van der Waals surface area contributed by atoms with E-state index in [-0.39, 0.29) is 0 Å². The Morgan fingerprint density at radius 2 is 2.36 bits per heavy atom. The van der Waals surface area contributed by atoms with Gasteiger partial charge in [0.05, 0.1) is 18.2 Å². The van der Waals surface area contributed by atoms with Crippen molar-refractivity contribution in [2.24, 2.45) is 0 Å². The molecule has 0 N–H and O–H groups in total. The Bertz CT molecular complexity index is 370. The first-order valence-corrected chi connectivity index (χ1v) is 3.91. The highest BCUT2D eigenvalue weighted by atomic mass is 16.5. The van der Waals surface area contributed by atoms with Gasteiger partial charge >= 0.3 is 5.97 Å². The Balaban J connectivity index is 3.01. The fourth-order valence-electron chi connectivity index (χ4n) is 0.968. The number of ether oxygens (including phenoxy) is 1. The lowest BCUT2D eigenvalue weighted by Gasteiger charge is -1.99. The van der Waals surface area contributed by atoms with Crippen molar-refractivity contribution in [3.05, 3.63) is 34.8 Å². The summed E-state index contributed by atoms with van der Waals surface area (Å²) in [6.07, 6.45) is 4.19. The number of carbonyl (C=O) groups excluding carboxylic acids is 1. The molecular formula is C9H10N2O3. The molecule has 1 aromatic heterocycles. The molecule has 74 valence electrons. The number of pyridine rings is 1. The maximum atomic E-state index is 11.1. The van der Waals surface area contributed by atoms with E-state index in [1.165, 1.54) is 38.8 Å². The van der Waals surface area contributed by atoms with Crippen LogP contribution in [-0.4, -0.2) is 36.1 Å². The molecule has 14 heavy (non-hydrogen) atoms. The van der Waals surface area contributed by atoms with Gasteiger partial charge in [-0.05, 0) is 6.07 Å². The highest BCUT2D eigenvalue weighted by Crippen LogP contribution is 2.01. The van der Waals surface area contributed by atoms with Crippen molar-refractivity contribution >= 4 is 12.2 Å². The van der Waals surface area contributed by atoms with E-state index in [1.54, 1.807) is 0 Å². The third kappa shape index (κ3) is 2.55. The fraction of sp³-hybridized carbons (Fsp3) is 0.222. The monoisotopic (exact) mass is 194 g/mol. The maximum Gasteiger partial charge on any atom is 0.339 e. The van der Waals surface area contributed by atoms with Gasteiger partial charge in [-0.25, -0.2) is 9.53 Å². The lowest BCUT2D eigenvalue weighted by Crippen LogP contribution is -2.04. The summed E-state index contributed by atoms with van der Waals surface area (Å²) < 4.78 is 5.15. The Hall–Kier alpha value is -1.91. The SMILES string of the molecule is COC(=O)c1cncc(C=[N+](C)[O-])c1. The summed E-state index contributed by atoms with van der Waals surface area (Å²) in [7, 11) is 2.64. The van der Waals surface area contributed by atoms with Crippen molar-refractivity contribution in [3.8, 4) is 0 Å². The van der Waals surface area contributed by atoms with Crippen LogP contribution >= 0.6 is 0 Å². The van der Waals surface area contributed by atoms with Crippen LogP contribution in [0.1, 0.15) is 15.9 Å². The molecule has 0 aliphatic rings. The Labute approximate surface area is 81.2 Å². The molecule has 1 aromatic rings. The van der Waals surface area contributed by atoms with Gasteiger partial charge in [0.1, 0.15) is 7.05 Å². The first-order valence-electron chi connectivity index (χ1n) is 3.91. The summed E-state index contributed by atoms with van der Waals surface area (Å²) in [4.78, 5) is 14.9. The van der Waals surface area contributed by atoms with E-state index >= 15 is 0 Å². The van der Waals surface area contributed by atoms with Crippen molar-refractivity contribution in [1.29, 1.82) is 0 Å². The zero-order valence-electron chi connectivity index (χ0n) is 7.93. The molecule has 0 aliphatic carbocycles. The molecule has 0 saturated heterocycles. The van der Waals surface area contributed by atoms with Crippen LogP contribution in [0.5, 0.6) is 0 Å². The van der Waals surface area contributed by atoms with Crippen LogP contribution in [0, 0.1) is 5.21 Å². The lowest BCUT2D eigenvalue weighted by atomic mass is 10.2. The van der Waals surface area contributed by atoms with Crippen LogP contribution in [0.2, 0.25) is 0 Å². The average Bonchev–Trinajstić information content (AvgIpc) is 2.16. The number of esters is 1. The van der Waals surface area contributed by atoms with Gasteiger partial charge in [0.25, 0.3) is 0 Å². The molecule has 1 heterocycles. The predicted octanol–water partition coefficient (Wildman–Crippen LogP) is 0.427. The molecule has 0 saturated carbocycles. The molecule has 0 radical (unpaired) electrons. The molecular weight excluding hydrogens is 184 g/mol. The van der Waals surface area contributed by atoms with E-state index in [4.69, 9.17) is 0 Å². The van der Waals surface area contributed by atoms with Gasteiger partial charge in [-0.2, -0.15) is 0 Å². The number of hydroxylamine groups is 1. The number of hydrogen-bond acceptors (Lipinski definition) is 4. The largest absolute Gasteiger partial charge is 0.624 e. The number of nitrogens with zero attached hydrogens (tertiary/aromatic N) is 2. The number of methoxy groups -OCH3 is 1. The molecule has 1 rings (SSSR count). The smallest absolute Gasteiger partial charge is 0.339 e. The molecule has 0 spiro atoms. The molecule has 0 atom stereocenters. The summed E-state index contributed by atoms with van der Waals surface area (Å²) in [5.41, 5.74) is 0.883. The van der Waals surface area contributed by atoms with Crippen molar-refractivity contribution in [3.63, 3.8) is 0 Å². The van der Waals surface area contributed by atoms with Crippen molar-refractivity contribution in [2.75, 3.05) is 14.2 Å². The van der Waals surface area contributed by atoms with E-state index in [0.29, 0.717) is 15.9 Å². The van der Waals surface area contributed by atoms with Gasteiger partial charge < -0.3 is 9.94 Å². The molecule has 0 bridgehead atoms. The zero-order valence-corrected chi connectivity index (χ0v) is 7.93. The molecule has 5 nitrogen and oxygen atoms in total. The second kappa shape index (κ2) is 4.36. The van der Waals surface area contributed by atoms with Crippen molar-refractivity contribution in [1.82, 2.24) is 4.98 Å². The van der Waals surface area contributed by atoms with Gasteiger partial charge in [-0.3, -0.25) is 4.98 Å². The quantitative estimate of drug-likeness (QED) is 0.225. The summed E-state index contributed by atoms with van der Waals surface area (Å²) in [6.45, 7) is 0. The van der Waals surface area contributed by atoms with Crippen LogP contribution in [0.15, 0.2) is 18.5 Å². The Kier molecular flexibility index (Phi) is 3.17. The van der Waals surface area contributed by atoms with Gasteiger partial charge in [-0.1, -0.05) is 0 Å². The minimum Gasteiger partial charge on any atom is -0.624 e. The molecule has 0 amide bonds. The number of aromatic nitrogens is 1. The minimum atomic E-state index is -0.471. The van der Waals surface area contributed by atoms with Crippen molar-refractivity contribution in [2.45, 2.75) is 0 Å². The third-order valence-electron chi connectivity index (χ3n) is 1.51. The van der Waals surface area contributed by atoms with E-state index in [9.17, 15) is 10.0 Å². The normalized spacial score (nSPS) is 11.1.